The molecule has 12 rings (SSSR count). The Morgan fingerprint density at radius 1 is 0.381 bits per heavy atom. The molecule has 9 aromatic carbocycles. The van der Waals surface area contributed by atoms with Crippen molar-refractivity contribution < 1.29 is 4.42 Å². The fourth-order valence-corrected chi connectivity index (χ4v) is 10.2. The van der Waals surface area contributed by atoms with E-state index in [1.807, 2.05) is 12.1 Å². The number of furan rings is 1. The molecule has 10 aromatic rings. The van der Waals surface area contributed by atoms with Crippen LogP contribution in [0.25, 0.3) is 66.4 Å². The molecule has 0 aliphatic heterocycles. The van der Waals surface area contributed by atoms with Crippen molar-refractivity contribution in [1.82, 2.24) is 0 Å². The van der Waals surface area contributed by atoms with Crippen LogP contribution in [0.5, 0.6) is 0 Å². The largest absolute Gasteiger partial charge is 0.456 e. The van der Waals surface area contributed by atoms with E-state index in [9.17, 15) is 0 Å². The molecule has 298 valence electrons. The summed E-state index contributed by atoms with van der Waals surface area (Å²) >= 11 is 0. The number of rotatable bonds is 8. The number of benzene rings is 9. The monoisotopic (exact) mass is 805 g/mol. The number of hydrogen-bond donors (Lipinski definition) is 0. The van der Waals surface area contributed by atoms with Gasteiger partial charge in [0, 0.05) is 27.8 Å². The first kappa shape index (κ1) is 36.9. The highest BCUT2D eigenvalue weighted by Gasteiger charge is 2.46. The molecule has 0 N–H and O–H groups in total. The van der Waals surface area contributed by atoms with Gasteiger partial charge in [0.05, 0.1) is 5.41 Å². The second-order valence-electron chi connectivity index (χ2n) is 16.7. The maximum atomic E-state index is 6.28. The summed E-state index contributed by atoms with van der Waals surface area (Å²) in [5.41, 5.74) is 19.7. The normalized spacial score (nSPS) is 13.7. The Morgan fingerprint density at radius 2 is 0.889 bits per heavy atom. The summed E-state index contributed by atoms with van der Waals surface area (Å²) in [5.74, 6) is 0. The Bertz CT molecular complexity index is 3320. The van der Waals surface area contributed by atoms with Crippen molar-refractivity contribution in [1.29, 1.82) is 0 Å². The molecule has 63 heavy (non-hydrogen) atoms. The average Bonchev–Trinajstić information content (AvgIpc) is 3.89. The Kier molecular flexibility index (Phi) is 8.90. The van der Waals surface area contributed by atoms with Crippen molar-refractivity contribution in [3.63, 3.8) is 0 Å². The topological polar surface area (TPSA) is 16.4 Å². The molecule has 0 saturated carbocycles. The van der Waals surface area contributed by atoms with Crippen molar-refractivity contribution in [3.05, 3.63) is 259 Å². The summed E-state index contributed by atoms with van der Waals surface area (Å²) < 4.78 is 6.28. The lowest BCUT2D eigenvalue weighted by Crippen LogP contribution is -2.29. The van der Waals surface area contributed by atoms with Crippen LogP contribution in [0.1, 0.15) is 29.5 Å². The zero-order valence-electron chi connectivity index (χ0n) is 34.8. The Labute approximate surface area is 368 Å². The predicted molar refractivity (Wildman–Crippen MR) is 263 cm³/mol. The lowest BCUT2D eigenvalue weighted by atomic mass is 9.66. The van der Waals surface area contributed by atoms with Gasteiger partial charge in [-0.3, -0.25) is 0 Å². The third-order valence-electron chi connectivity index (χ3n) is 13.2. The summed E-state index contributed by atoms with van der Waals surface area (Å²) in [6.07, 6.45) is 9.29. The summed E-state index contributed by atoms with van der Waals surface area (Å²) in [5, 5.41) is 2.28. The van der Waals surface area contributed by atoms with Crippen LogP contribution in [0.2, 0.25) is 0 Å². The van der Waals surface area contributed by atoms with E-state index in [1.54, 1.807) is 0 Å². The maximum absolute atomic E-state index is 6.28. The van der Waals surface area contributed by atoms with Crippen molar-refractivity contribution in [2.75, 3.05) is 4.90 Å². The Hall–Kier alpha value is -7.94. The first-order valence-electron chi connectivity index (χ1n) is 22.0. The van der Waals surface area contributed by atoms with Gasteiger partial charge in [-0.1, -0.05) is 176 Å². The molecule has 0 atom stereocenters. The predicted octanol–water partition coefficient (Wildman–Crippen LogP) is 16.6. The van der Waals surface area contributed by atoms with Gasteiger partial charge in [0.2, 0.25) is 0 Å². The highest BCUT2D eigenvalue weighted by Crippen LogP contribution is 2.57. The fourth-order valence-electron chi connectivity index (χ4n) is 10.2. The smallest absolute Gasteiger partial charge is 0.136 e. The maximum Gasteiger partial charge on any atom is 0.136 e. The number of allylic oxidation sites excluding steroid dienone is 4. The van der Waals surface area contributed by atoms with Crippen molar-refractivity contribution in [3.8, 4) is 44.5 Å². The van der Waals surface area contributed by atoms with E-state index < -0.39 is 5.41 Å². The molecular formula is C61H43NO. The molecule has 0 saturated heterocycles. The Balaban J connectivity index is 0.958. The van der Waals surface area contributed by atoms with E-state index in [2.05, 4.69) is 229 Å². The van der Waals surface area contributed by atoms with Gasteiger partial charge in [0.1, 0.15) is 11.2 Å². The second kappa shape index (κ2) is 15.2. The van der Waals surface area contributed by atoms with Gasteiger partial charge in [-0.25, -0.2) is 0 Å². The van der Waals surface area contributed by atoms with Crippen LogP contribution in [0.3, 0.4) is 0 Å². The van der Waals surface area contributed by atoms with Crippen LogP contribution in [0, 0.1) is 0 Å². The third-order valence-corrected chi connectivity index (χ3v) is 13.2. The minimum absolute atomic E-state index is 0.411. The van der Waals surface area contributed by atoms with E-state index in [0.29, 0.717) is 0 Å². The van der Waals surface area contributed by atoms with Gasteiger partial charge >= 0.3 is 0 Å². The van der Waals surface area contributed by atoms with Gasteiger partial charge in [0.15, 0.2) is 0 Å². The van der Waals surface area contributed by atoms with Crippen LogP contribution >= 0.6 is 0 Å². The average molecular weight is 806 g/mol. The lowest BCUT2D eigenvalue weighted by molar-refractivity contribution is 0.669. The number of para-hydroxylation sites is 1. The van der Waals surface area contributed by atoms with Gasteiger partial charge in [-0.2, -0.15) is 0 Å². The van der Waals surface area contributed by atoms with Gasteiger partial charge in [0.25, 0.3) is 0 Å². The molecule has 2 heteroatoms. The lowest BCUT2D eigenvalue weighted by Gasteiger charge is -2.36. The van der Waals surface area contributed by atoms with Crippen molar-refractivity contribution in [2.24, 2.45) is 0 Å². The van der Waals surface area contributed by atoms with Crippen LogP contribution in [0.4, 0.5) is 17.1 Å². The molecule has 2 aliphatic rings. The zero-order chi connectivity index (χ0) is 41.7. The minimum Gasteiger partial charge on any atom is -0.456 e. The molecule has 2 aliphatic carbocycles. The van der Waals surface area contributed by atoms with Crippen LogP contribution in [-0.2, 0) is 5.41 Å². The molecule has 0 fully saturated rings. The molecule has 0 spiro atoms. The number of fused-ring (bicyclic) bond motifs is 6. The van der Waals surface area contributed by atoms with Gasteiger partial charge < -0.3 is 9.32 Å². The van der Waals surface area contributed by atoms with E-state index in [-0.39, 0.29) is 0 Å². The van der Waals surface area contributed by atoms with Crippen molar-refractivity contribution in [2.45, 2.75) is 18.3 Å². The van der Waals surface area contributed by atoms with Gasteiger partial charge in [-0.05, 0) is 140 Å². The van der Waals surface area contributed by atoms with Crippen LogP contribution in [-0.4, -0.2) is 0 Å². The van der Waals surface area contributed by atoms with E-state index in [1.165, 1.54) is 55.6 Å². The highest BCUT2D eigenvalue weighted by atomic mass is 16.3. The van der Waals surface area contributed by atoms with E-state index in [4.69, 9.17) is 4.42 Å². The molecule has 2 nitrogen and oxygen atoms in total. The molecule has 0 amide bonds. The van der Waals surface area contributed by atoms with E-state index >= 15 is 0 Å². The first-order chi connectivity index (χ1) is 31.2. The molecule has 1 aromatic heterocycles. The number of nitrogens with zero attached hydrogens (tertiary/aromatic N) is 1. The molecular weight excluding hydrogens is 763 g/mol. The zero-order valence-corrected chi connectivity index (χ0v) is 34.8. The summed E-state index contributed by atoms with van der Waals surface area (Å²) in [4.78, 5) is 2.38. The Morgan fingerprint density at radius 3 is 1.52 bits per heavy atom. The summed E-state index contributed by atoms with van der Waals surface area (Å²) in [7, 11) is 0. The van der Waals surface area contributed by atoms with E-state index in [0.717, 1.165) is 63.0 Å². The highest BCUT2D eigenvalue weighted by molar-refractivity contribution is 6.06. The quantitative estimate of drug-likeness (QED) is 0.152. The van der Waals surface area contributed by atoms with Crippen LogP contribution < -0.4 is 4.90 Å². The SMILES string of the molecule is C1=CC(C2(c3ccc(N(c4ccc(-c5cccc(-c6ccccc6)c5)cc4)c4ccc(-c5ccc6c(c5)oc5ccccc56)cc4)cc3)c3ccccc3-c3ccccc32)=CCC1. The number of anilines is 3. The first-order valence-corrected chi connectivity index (χ1v) is 22.0. The van der Waals surface area contributed by atoms with Gasteiger partial charge in [-0.15, -0.1) is 0 Å². The molecule has 0 bridgehead atoms. The third kappa shape index (κ3) is 6.17. The molecule has 0 unspecified atom stereocenters. The van der Waals surface area contributed by atoms with Crippen LogP contribution in [0.15, 0.2) is 247 Å². The standard InChI is InChI=1S/C61H43NO/c1-3-14-42(15-4-1)45-16-13-17-46(40-45)43-26-33-50(34-27-43)62(51-35-28-44(29-36-51)47-30-39-56-55-22-9-12-25-59(55)63-60(56)41-47)52-37-31-49(32-38-52)61(48-18-5-2-6-19-48)57-23-10-7-20-53(57)54-21-8-11-24-58(54)61/h1,3-5,7-41H,2,6H2. The minimum atomic E-state index is -0.411. The molecule has 1 heterocycles. The molecule has 0 radical (unpaired) electrons. The van der Waals surface area contributed by atoms with Crippen molar-refractivity contribution >= 4 is 39.0 Å². The summed E-state index contributed by atoms with van der Waals surface area (Å²) in [6, 6.07) is 79.5. The second-order valence-corrected chi connectivity index (χ2v) is 16.7. The fraction of sp³-hybridized carbons (Fsp3) is 0.0492. The summed E-state index contributed by atoms with van der Waals surface area (Å²) in [6.45, 7) is 0. The number of hydrogen-bond acceptors (Lipinski definition) is 2.